The fourth-order valence-electron chi connectivity index (χ4n) is 4.26. The van der Waals surface area contributed by atoms with Gasteiger partial charge in [-0.1, -0.05) is 18.2 Å². The molecule has 1 aliphatic carbocycles. The summed E-state index contributed by atoms with van der Waals surface area (Å²) in [5, 5.41) is 11.0. The molecule has 0 radical (unpaired) electrons. The Hall–Kier alpha value is -1.98. The standard InChI is InChI=1S/C20H25N3O2/c1-14-13-16(15-5-2-3-6-17(15)21-14)20(25)23-11-9-22(10-12-23)18-7-4-8-19(18)24/h2-3,5-6,13,18-19,24H,4,7-12H2,1H3/t18-,19+/m0/s1. The minimum absolute atomic E-state index is 0.0910. The normalized spacial score (nSPS) is 24.8. The molecule has 1 saturated carbocycles. The zero-order chi connectivity index (χ0) is 17.4. The van der Waals surface area contributed by atoms with Crippen LogP contribution < -0.4 is 0 Å². The van der Waals surface area contributed by atoms with Crippen LogP contribution >= 0.6 is 0 Å². The number of fused-ring (bicyclic) bond motifs is 1. The molecule has 2 aromatic rings. The number of aryl methyl sites for hydroxylation is 1. The van der Waals surface area contributed by atoms with Crippen LogP contribution in [0.1, 0.15) is 35.3 Å². The lowest BCUT2D eigenvalue weighted by Gasteiger charge is -2.39. The first-order chi connectivity index (χ1) is 12.1. The predicted molar refractivity (Wildman–Crippen MR) is 97.6 cm³/mol. The van der Waals surface area contributed by atoms with E-state index < -0.39 is 0 Å². The molecule has 1 aromatic carbocycles. The Kier molecular flexibility index (Phi) is 4.44. The molecule has 2 fully saturated rings. The fraction of sp³-hybridized carbons (Fsp3) is 0.500. The van der Waals surface area contributed by atoms with Gasteiger partial charge in [0.15, 0.2) is 0 Å². The molecule has 0 bridgehead atoms. The lowest BCUT2D eigenvalue weighted by Crippen LogP contribution is -2.53. The highest BCUT2D eigenvalue weighted by molar-refractivity contribution is 6.06. The second-order valence-corrected chi connectivity index (χ2v) is 7.22. The molecule has 5 heteroatoms. The van der Waals surface area contributed by atoms with E-state index in [1.54, 1.807) is 0 Å². The molecule has 1 aromatic heterocycles. The lowest BCUT2D eigenvalue weighted by molar-refractivity contribution is 0.0316. The number of aromatic nitrogens is 1. The van der Waals surface area contributed by atoms with Crippen molar-refractivity contribution in [3.63, 3.8) is 0 Å². The van der Waals surface area contributed by atoms with Gasteiger partial charge >= 0.3 is 0 Å². The van der Waals surface area contributed by atoms with Gasteiger partial charge in [0, 0.05) is 43.3 Å². The second kappa shape index (κ2) is 6.73. The highest BCUT2D eigenvalue weighted by Crippen LogP contribution is 2.26. The highest BCUT2D eigenvalue weighted by atomic mass is 16.3. The number of rotatable bonds is 2. The smallest absolute Gasteiger partial charge is 0.254 e. The zero-order valence-corrected chi connectivity index (χ0v) is 14.7. The van der Waals surface area contributed by atoms with E-state index in [1.165, 1.54) is 0 Å². The van der Waals surface area contributed by atoms with Gasteiger partial charge < -0.3 is 10.0 Å². The zero-order valence-electron chi connectivity index (χ0n) is 14.7. The first kappa shape index (κ1) is 16.5. The van der Waals surface area contributed by atoms with Crippen LogP contribution in [0.5, 0.6) is 0 Å². The number of pyridine rings is 1. The number of hydrogen-bond donors (Lipinski definition) is 1. The minimum atomic E-state index is -0.200. The molecule has 132 valence electrons. The Morgan fingerprint density at radius 1 is 1.16 bits per heavy atom. The van der Waals surface area contributed by atoms with E-state index in [4.69, 9.17) is 0 Å². The number of aliphatic hydroxyl groups excluding tert-OH is 1. The number of amides is 1. The van der Waals surface area contributed by atoms with E-state index in [0.717, 1.165) is 67.6 Å². The Morgan fingerprint density at radius 2 is 1.92 bits per heavy atom. The van der Waals surface area contributed by atoms with Gasteiger partial charge in [0.1, 0.15) is 0 Å². The summed E-state index contributed by atoms with van der Waals surface area (Å²) in [5.74, 6) is 0.0910. The summed E-state index contributed by atoms with van der Waals surface area (Å²) in [5.41, 5.74) is 2.49. The average Bonchev–Trinajstić information content (AvgIpc) is 3.06. The summed E-state index contributed by atoms with van der Waals surface area (Å²) >= 11 is 0. The molecule has 5 nitrogen and oxygen atoms in total. The van der Waals surface area contributed by atoms with Crippen LogP contribution in [0.4, 0.5) is 0 Å². The van der Waals surface area contributed by atoms with E-state index in [9.17, 15) is 9.90 Å². The predicted octanol–water partition coefficient (Wildman–Crippen LogP) is 2.21. The molecule has 25 heavy (non-hydrogen) atoms. The van der Waals surface area contributed by atoms with Crippen LogP contribution in [-0.4, -0.2) is 64.1 Å². The van der Waals surface area contributed by atoms with Gasteiger partial charge in [0.05, 0.1) is 17.2 Å². The van der Waals surface area contributed by atoms with Crippen molar-refractivity contribution in [3.05, 3.63) is 41.6 Å². The molecule has 2 aliphatic rings. The van der Waals surface area contributed by atoms with Gasteiger partial charge in [-0.2, -0.15) is 0 Å². The van der Waals surface area contributed by atoms with Crippen molar-refractivity contribution in [2.24, 2.45) is 0 Å². The first-order valence-corrected chi connectivity index (χ1v) is 9.21. The Balaban J connectivity index is 1.51. The van der Waals surface area contributed by atoms with E-state index in [-0.39, 0.29) is 18.1 Å². The number of aliphatic hydroxyl groups is 1. The summed E-state index contributed by atoms with van der Waals surface area (Å²) < 4.78 is 0. The maximum atomic E-state index is 13.1. The number of benzene rings is 1. The van der Waals surface area contributed by atoms with Crippen molar-refractivity contribution >= 4 is 16.8 Å². The summed E-state index contributed by atoms with van der Waals surface area (Å²) in [4.78, 5) is 21.9. The molecule has 0 unspecified atom stereocenters. The van der Waals surface area contributed by atoms with Crippen molar-refractivity contribution in [3.8, 4) is 0 Å². The lowest BCUT2D eigenvalue weighted by atomic mass is 10.1. The Labute approximate surface area is 148 Å². The summed E-state index contributed by atoms with van der Waals surface area (Å²) in [6.07, 6.45) is 2.89. The van der Waals surface area contributed by atoms with Crippen molar-refractivity contribution in [2.75, 3.05) is 26.2 Å². The quantitative estimate of drug-likeness (QED) is 0.911. The molecule has 2 heterocycles. The number of carbonyl (C=O) groups is 1. The van der Waals surface area contributed by atoms with Crippen LogP contribution in [-0.2, 0) is 0 Å². The summed E-state index contributed by atoms with van der Waals surface area (Å²) in [6, 6.07) is 10.0. The maximum absolute atomic E-state index is 13.1. The third-order valence-corrected chi connectivity index (χ3v) is 5.59. The van der Waals surface area contributed by atoms with Gasteiger partial charge in [0.25, 0.3) is 5.91 Å². The van der Waals surface area contributed by atoms with E-state index in [1.807, 2.05) is 42.2 Å². The SMILES string of the molecule is Cc1cc(C(=O)N2CCN([C@H]3CCC[C@H]3O)CC2)c2ccccc2n1. The van der Waals surface area contributed by atoms with Gasteiger partial charge in [0.2, 0.25) is 0 Å². The molecule has 2 atom stereocenters. The van der Waals surface area contributed by atoms with Gasteiger partial charge in [-0.3, -0.25) is 14.7 Å². The minimum Gasteiger partial charge on any atom is -0.391 e. The van der Waals surface area contributed by atoms with Crippen molar-refractivity contribution in [1.82, 2.24) is 14.8 Å². The molecule has 4 rings (SSSR count). The van der Waals surface area contributed by atoms with Crippen molar-refractivity contribution < 1.29 is 9.90 Å². The second-order valence-electron chi connectivity index (χ2n) is 7.22. The van der Waals surface area contributed by atoms with E-state index in [2.05, 4.69) is 9.88 Å². The fourth-order valence-corrected chi connectivity index (χ4v) is 4.26. The average molecular weight is 339 g/mol. The Morgan fingerprint density at radius 3 is 2.64 bits per heavy atom. The van der Waals surface area contributed by atoms with Crippen LogP contribution in [0.25, 0.3) is 10.9 Å². The van der Waals surface area contributed by atoms with Crippen molar-refractivity contribution in [2.45, 2.75) is 38.3 Å². The molecule has 1 aliphatic heterocycles. The van der Waals surface area contributed by atoms with Crippen LogP contribution in [0.15, 0.2) is 30.3 Å². The van der Waals surface area contributed by atoms with Crippen LogP contribution in [0.3, 0.4) is 0 Å². The largest absolute Gasteiger partial charge is 0.391 e. The monoisotopic (exact) mass is 339 g/mol. The first-order valence-electron chi connectivity index (χ1n) is 9.21. The third kappa shape index (κ3) is 3.14. The highest BCUT2D eigenvalue weighted by Gasteiger charge is 2.33. The molecular weight excluding hydrogens is 314 g/mol. The Bertz CT molecular complexity index is 784. The number of nitrogens with zero attached hydrogens (tertiary/aromatic N) is 3. The van der Waals surface area contributed by atoms with Gasteiger partial charge in [-0.05, 0) is 38.3 Å². The van der Waals surface area contributed by atoms with E-state index >= 15 is 0 Å². The maximum Gasteiger partial charge on any atom is 0.254 e. The number of hydrogen-bond acceptors (Lipinski definition) is 4. The third-order valence-electron chi connectivity index (χ3n) is 5.59. The molecule has 0 spiro atoms. The van der Waals surface area contributed by atoms with Crippen LogP contribution in [0.2, 0.25) is 0 Å². The summed E-state index contributed by atoms with van der Waals surface area (Å²) in [7, 11) is 0. The molecular formula is C20H25N3O2. The number of para-hydroxylation sites is 1. The van der Waals surface area contributed by atoms with Crippen LogP contribution in [0, 0.1) is 6.92 Å². The molecule has 1 amide bonds. The summed E-state index contributed by atoms with van der Waals surface area (Å²) in [6.45, 7) is 5.06. The van der Waals surface area contributed by atoms with Gasteiger partial charge in [-0.25, -0.2) is 0 Å². The topological polar surface area (TPSA) is 56.7 Å². The molecule has 1 saturated heterocycles. The van der Waals surface area contributed by atoms with E-state index in [0.29, 0.717) is 0 Å². The molecule has 1 N–H and O–H groups in total. The van der Waals surface area contributed by atoms with Gasteiger partial charge in [-0.15, -0.1) is 0 Å². The number of piperazine rings is 1. The van der Waals surface area contributed by atoms with Crippen molar-refractivity contribution in [1.29, 1.82) is 0 Å². The number of carbonyl (C=O) groups excluding carboxylic acids is 1.